The molecule has 0 nitrogen and oxygen atoms in total. The molecule has 0 spiro atoms. The Morgan fingerprint density at radius 2 is 1.17 bits per heavy atom. The van der Waals surface area contributed by atoms with Crippen molar-refractivity contribution >= 4 is 22.6 Å². The van der Waals surface area contributed by atoms with E-state index in [1.807, 2.05) is 6.92 Å². The average molecular weight is 486 g/mol. The van der Waals surface area contributed by atoms with Gasteiger partial charge in [0.25, 0.3) is 5.67 Å². The van der Waals surface area contributed by atoms with Gasteiger partial charge in [0.05, 0.1) is 0 Å². The Bertz CT molecular complexity index is 364. The molecule has 0 bridgehead atoms. The zero-order valence-electron chi connectivity index (χ0n) is 13.0. The molecular weight excluding hydrogens is 466 g/mol. The van der Waals surface area contributed by atoms with Crippen LogP contribution in [0, 0.1) is 0 Å². The smallest absolute Gasteiger partial charge is 0.227 e. The highest BCUT2D eigenvalue weighted by atomic mass is 127. The van der Waals surface area contributed by atoms with Gasteiger partial charge in [-0.3, -0.25) is 0 Å². The Hall–Kier alpha value is 0.1000. The lowest BCUT2D eigenvalue weighted by Crippen LogP contribution is -2.62. The van der Waals surface area contributed by atoms with Crippen molar-refractivity contribution in [3.8, 4) is 0 Å². The van der Waals surface area contributed by atoms with Crippen molar-refractivity contribution in [3.63, 3.8) is 0 Å². The maximum Gasteiger partial charge on any atom is 0.457 e. The summed E-state index contributed by atoms with van der Waals surface area (Å²) in [6, 6.07) is 0. The zero-order valence-corrected chi connectivity index (χ0v) is 15.2. The Balaban J connectivity index is 4.87. The summed E-state index contributed by atoms with van der Waals surface area (Å²) in [4.78, 5) is 0. The predicted octanol–water partition coefficient (Wildman–Crippen LogP) is 7.40. The molecule has 0 aromatic carbocycles. The van der Waals surface area contributed by atoms with E-state index in [2.05, 4.69) is 0 Å². The summed E-state index contributed by atoms with van der Waals surface area (Å²) in [5, 5.41) is 0. The summed E-state index contributed by atoms with van der Waals surface area (Å²) >= 11 is 1.30. The van der Waals surface area contributed by atoms with Crippen molar-refractivity contribution in [3.05, 3.63) is 0 Å². The standard InChI is InChI=1S/C14H20F9I/c1-2-3-4-5-6-7-8-10(24)9-11(15,13(18,19)20)12(16,17)14(21,22)23/h10H,2-9H2,1H3. The molecule has 0 N–H and O–H groups in total. The van der Waals surface area contributed by atoms with Gasteiger partial charge in [-0.25, -0.2) is 4.39 Å². The maximum absolute atomic E-state index is 13.9. The first kappa shape index (κ1) is 24.1. The van der Waals surface area contributed by atoms with E-state index in [-0.39, 0.29) is 6.42 Å². The molecule has 24 heavy (non-hydrogen) atoms. The van der Waals surface area contributed by atoms with E-state index < -0.39 is 34.3 Å². The second-order valence-corrected chi connectivity index (χ2v) is 7.49. The molecule has 146 valence electrons. The molecule has 0 rings (SSSR count). The molecule has 10 heteroatoms. The van der Waals surface area contributed by atoms with Crippen LogP contribution in [0.4, 0.5) is 39.5 Å². The van der Waals surface area contributed by atoms with Gasteiger partial charge in [0.15, 0.2) is 0 Å². The molecule has 0 aromatic rings. The van der Waals surface area contributed by atoms with Crippen molar-refractivity contribution in [1.82, 2.24) is 0 Å². The van der Waals surface area contributed by atoms with Crippen LogP contribution in [0.3, 0.4) is 0 Å². The normalized spacial score (nSPS) is 17.6. The molecule has 0 saturated carbocycles. The van der Waals surface area contributed by atoms with Crippen LogP contribution in [0.1, 0.15) is 58.3 Å². The topological polar surface area (TPSA) is 0 Å². The summed E-state index contributed by atoms with van der Waals surface area (Å²) in [5.41, 5.74) is -5.63. The molecule has 0 aliphatic carbocycles. The van der Waals surface area contributed by atoms with E-state index in [9.17, 15) is 39.5 Å². The SMILES string of the molecule is CCCCCCCCC(I)CC(F)(C(F)(F)F)C(F)(F)C(F)(F)F. The molecule has 0 aliphatic heterocycles. The van der Waals surface area contributed by atoms with Gasteiger partial charge < -0.3 is 0 Å². The number of hydrogen-bond acceptors (Lipinski definition) is 0. The van der Waals surface area contributed by atoms with Crippen molar-refractivity contribution in [1.29, 1.82) is 0 Å². The van der Waals surface area contributed by atoms with Crippen LogP contribution < -0.4 is 0 Å². The molecule has 0 radical (unpaired) electrons. The second-order valence-electron chi connectivity index (χ2n) is 5.73. The predicted molar refractivity (Wildman–Crippen MR) is 81.3 cm³/mol. The molecule has 0 aliphatic rings. The molecule has 0 amide bonds. The minimum Gasteiger partial charge on any atom is -0.227 e. The Morgan fingerprint density at radius 3 is 1.58 bits per heavy atom. The Labute approximate surface area is 148 Å². The number of halogens is 10. The third-order valence-corrected chi connectivity index (χ3v) is 4.74. The van der Waals surface area contributed by atoms with Crippen molar-refractivity contribution in [2.24, 2.45) is 0 Å². The maximum atomic E-state index is 13.9. The summed E-state index contributed by atoms with van der Waals surface area (Å²) in [6.07, 6.45) is -10.3. The molecule has 0 saturated heterocycles. The molecule has 0 aromatic heterocycles. The second kappa shape index (κ2) is 9.16. The monoisotopic (exact) mass is 486 g/mol. The van der Waals surface area contributed by atoms with E-state index in [0.29, 0.717) is 12.8 Å². The quantitative estimate of drug-likeness (QED) is 0.131. The third-order valence-electron chi connectivity index (χ3n) is 3.68. The summed E-state index contributed by atoms with van der Waals surface area (Å²) in [7, 11) is 0. The lowest BCUT2D eigenvalue weighted by atomic mass is 9.89. The highest BCUT2D eigenvalue weighted by molar-refractivity contribution is 14.1. The van der Waals surface area contributed by atoms with E-state index in [1.165, 1.54) is 22.6 Å². The highest BCUT2D eigenvalue weighted by Crippen LogP contribution is 2.55. The first-order chi connectivity index (χ1) is 10.7. The van der Waals surface area contributed by atoms with Crippen molar-refractivity contribution in [2.75, 3.05) is 0 Å². The molecular formula is C14H20F9I. The van der Waals surface area contributed by atoms with Gasteiger partial charge in [0.2, 0.25) is 0 Å². The summed E-state index contributed by atoms with van der Waals surface area (Å²) in [5.74, 6) is -6.50. The first-order valence-electron chi connectivity index (χ1n) is 7.55. The summed E-state index contributed by atoms with van der Waals surface area (Å²) in [6.45, 7) is 1.99. The fourth-order valence-electron chi connectivity index (χ4n) is 2.20. The van der Waals surface area contributed by atoms with Gasteiger partial charge in [0, 0.05) is 10.3 Å². The van der Waals surface area contributed by atoms with Gasteiger partial charge in [-0.05, 0) is 6.42 Å². The average Bonchev–Trinajstić information content (AvgIpc) is 2.39. The molecule has 2 unspecified atom stereocenters. The van der Waals surface area contributed by atoms with Crippen LogP contribution in [0.25, 0.3) is 0 Å². The van der Waals surface area contributed by atoms with Crippen molar-refractivity contribution in [2.45, 2.75) is 86.2 Å². The van der Waals surface area contributed by atoms with E-state index in [4.69, 9.17) is 0 Å². The first-order valence-corrected chi connectivity index (χ1v) is 8.79. The number of hydrogen-bond donors (Lipinski definition) is 0. The van der Waals surface area contributed by atoms with Crippen LogP contribution in [-0.2, 0) is 0 Å². The van der Waals surface area contributed by atoms with Crippen LogP contribution in [0.15, 0.2) is 0 Å². The number of alkyl halides is 10. The van der Waals surface area contributed by atoms with Crippen LogP contribution in [0.5, 0.6) is 0 Å². The lowest BCUT2D eigenvalue weighted by molar-refractivity contribution is -0.384. The summed E-state index contributed by atoms with van der Waals surface area (Å²) < 4.78 is 114. The van der Waals surface area contributed by atoms with Crippen LogP contribution in [-0.4, -0.2) is 27.9 Å². The highest BCUT2D eigenvalue weighted by Gasteiger charge is 2.80. The zero-order chi connectivity index (χ0) is 19.2. The van der Waals surface area contributed by atoms with E-state index in [1.54, 1.807) is 0 Å². The minimum atomic E-state index is -6.62. The third kappa shape index (κ3) is 6.12. The van der Waals surface area contributed by atoms with Crippen LogP contribution >= 0.6 is 22.6 Å². The van der Waals surface area contributed by atoms with E-state index in [0.717, 1.165) is 25.7 Å². The molecule has 2 atom stereocenters. The Morgan fingerprint density at radius 1 is 0.708 bits per heavy atom. The molecule has 0 fully saturated rings. The van der Waals surface area contributed by atoms with Crippen LogP contribution in [0.2, 0.25) is 0 Å². The fourth-order valence-corrected chi connectivity index (χ4v) is 3.25. The number of unbranched alkanes of at least 4 members (excludes halogenated alkanes) is 5. The van der Waals surface area contributed by atoms with Gasteiger partial charge >= 0.3 is 18.3 Å². The van der Waals surface area contributed by atoms with Gasteiger partial charge in [-0.1, -0.05) is 68.0 Å². The fraction of sp³-hybridized carbons (Fsp3) is 1.00. The number of rotatable bonds is 10. The minimum absolute atomic E-state index is 0.0532. The van der Waals surface area contributed by atoms with E-state index >= 15 is 0 Å². The van der Waals surface area contributed by atoms with Gasteiger partial charge in [0.1, 0.15) is 0 Å². The largest absolute Gasteiger partial charge is 0.457 e. The molecule has 0 heterocycles. The lowest BCUT2D eigenvalue weighted by Gasteiger charge is -2.37. The Kier molecular flexibility index (Phi) is 9.20. The van der Waals surface area contributed by atoms with Gasteiger partial charge in [-0.2, -0.15) is 35.1 Å². The van der Waals surface area contributed by atoms with Crippen molar-refractivity contribution < 1.29 is 39.5 Å². The van der Waals surface area contributed by atoms with Gasteiger partial charge in [-0.15, -0.1) is 0 Å².